The molecule has 1 aromatic rings. The van der Waals surface area contributed by atoms with Crippen molar-refractivity contribution in [3.8, 4) is 0 Å². The molecule has 6 nitrogen and oxygen atoms in total. The highest BCUT2D eigenvalue weighted by Gasteiger charge is 2.25. The van der Waals surface area contributed by atoms with Gasteiger partial charge in [-0.2, -0.15) is 0 Å². The normalized spacial score (nSPS) is 19.2. The Labute approximate surface area is 163 Å². The first kappa shape index (κ1) is 20.0. The van der Waals surface area contributed by atoms with Gasteiger partial charge in [0.25, 0.3) is 5.91 Å². The Hall–Kier alpha value is -1.76. The monoisotopic (exact) mass is 393 g/mol. The van der Waals surface area contributed by atoms with Gasteiger partial charge in [-0.3, -0.25) is 9.52 Å². The molecule has 1 aromatic carbocycles. The van der Waals surface area contributed by atoms with Crippen molar-refractivity contribution in [3.63, 3.8) is 0 Å². The summed E-state index contributed by atoms with van der Waals surface area (Å²) in [7, 11) is -3.37. The standard InChI is InChI=1S/C20H31N3O3S/c1-3-27(25,26)21-17-7-8-19(22-13-9-16(2)10-14-22)18(15-17)20(24)23-11-5-4-6-12-23/h7-8,15-16,21H,3-6,9-14H2,1-2H3. The van der Waals surface area contributed by atoms with Gasteiger partial charge in [0.1, 0.15) is 0 Å². The van der Waals surface area contributed by atoms with Gasteiger partial charge in [-0.15, -0.1) is 0 Å². The first-order chi connectivity index (χ1) is 12.9. The van der Waals surface area contributed by atoms with Crippen LogP contribution in [0.5, 0.6) is 0 Å². The molecule has 0 bridgehead atoms. The summed E-state index contributed by atoms with van der Waals surface area (Å²) in [6.45, 7) is 7.29. The molecule has 3 rings (SSSR count). The lowest BCUT2D eigenvalue weighted by atomic mass is 9.97. The third-order valence-corrected chi connectivity index (χ3v) is 6.95. The number of carbonyl (C=O) groups excluding carboxylic acids is 1. The van der Waals surface area contributed by atoms with E-state index in [0.29, 0.717) is 17.2 Å². The van der Waals surface area contributed by atoms with Crippen molar-refractivity contribution in [1.29, 1.82) is 0 Å². The minimum absolute atomic E-state index is 0.00810. The maximum absolute atomic E-state index is 13.2. The number of anilines is 2. The zero-order valence-electron chi connectivity index (χ0n) is 16.4. The van der Waals surface area contributed by atoms with Crippen LogP contribution in [-0.2, 0) is 10.0 Å². The number of hydrogen-bond donors (Lipinski definition) is 1. The number of carbonyl (C=O) groups is 1. The lowest BCUT2D eigenvalue weighted by Crippen LogP contribution is -2.38. The van der Waals surface area contributed by atoms with E-state index in [2.05, 4.69) is 16.5 Å². The molecule has 0 aliphatic carbocycles. The molecule has 2 fully saturated rings. The van der Waals surface area contributed by atoms with Gasteiger partial charge in [0.2, 0.25) is 10.0 Å². The molecule has 2 aliphatic rings. The highest BCUT2D eigenvalue weighted by atomic mass is 32.2. The van der Waals surface area contributed by atoms with E-state index in [0.717, 1.165) is 64.0 Å². The second kappa shape index (κ2) is 8.50. The summed E-state index contributed by atoms with van der Waals surface area (Å²) in [5.74, 6) is 0.729. The molecule has 0 atom stereocenters. The van der Waals surface area contributed by atoms with Gasteiger partial charge in [-0.25, -0.2) is 8.42 Å². The number of nitrogens with one attached hydrogen (secondary N) is 1. The zero-order valence-corrected chi connectivity index (χ0v) is 17.2. The minimum Gasteiger partial charge on any atom is -0.371 e. The summed E-state index contributed by atoms with van der Waals surface area (Å²) in [5, 5.41) is 0. The largest absolute Gasteiger partial charge is 0.371 e. The smallest absolute Gasteiger partial charge is 0.256 e. The fourth-order valence-electron chi connectivity index (χ4n) is 3.82. The van der Waals surface area contributed by atoms with Crippen LogP contribution < -0.4 is 9.62 Å². The average Bonchev–Trinajstić information content (AvgIpc) is 2.68. The Morgan fingerprint density at radius 2 is 1.78 bits per heavy atom. The van der Waals surface area contributed by atoms with Crippen molar-refractivity contribution < 1.29 is 13.2 Å². The molecule has 0 spiro atoms. The quantitative estimate of drug-likeness (QED) is 0.833. The molecule has 7 heteroatoms. The summed E-state index contributed by atoms with van der Waals surface area (Å²) >= 11 is 0. The van der Waals surface area contributed by atoms with Gasteiger partial charge in [-0.05, 0) is 63.1 Å². The molecule has 0 unspecified atom stereocenters. The fraction of sp³-hybridized carbons (Fsp3) is 0.650. The fourth-order valence-corrected chi connectivity index (χ4v) is 4.45. The van der Waals surface area contributed by atoms with Crippen molar-refractivity contribution in [2.75, 3.05) is 41.6 Å². The highest BCUT2D eigenvalue weighted by molar-refractivity contribution is 7.92. The number of likely N-dealkylation sites (tertiary alicyclic amines) is 1. The number of hydrogen-bond acceptors (Lipinski definition) is 4. The van der Waals surface area contributed by atoms with Crippen LogP contribution in [0.4, 0.5) is 11.4 Å². The van der Waals surface area contributed by atoms with Crippen LogP contribution in [0.25, 0.3) is 0 Å². The van der Waals surface area contributed by atoms with E-state index in [-0.39, 0.29) is 11.7 Å². The molecule has 1 N–H and O–H groups in total. The third-order valence-electron chi connectivity index (χ3n) is 5.65. The van der Waals surface area contributed by atoms with Crippen molar-refractivity contribution in [2.45, 2.75) is 46.0 Å². The van der Waals surface area contributed by atoms with Crippen LogP contribution >= 0.6 is 0 Å². The molecular formula is C20H31N3O3S. The number of piperidine rings is 2. The number of sulfonamides is 1. The highest BCUT2D eigenvalue weighted by Crippen LogP contribution is 2.30. The predicted octanol–water partition coefficient (Wildman–Crippen LogP) is 3.31. The molecule has 2 heterocycles. The Balaban J connectivity index is 1.92. The van der Waals surface area contributed by atoms with Crippen LogP contribution in [0, 0.1) is 5.92 Å². The Morgan fingerprint density at radius 3 is 2.41 bits per heavy atom. The van der Waals surface area contributed by atoms with Gasteiger partial charge >= 0.3 is 0 Å². The maximum Gasteiger partial charge on any atom is 0.256 e. The van der Waals surface area contributed by atoms with Crippen molar-refractivity contribution in [3.05, 3.63) is 23.8 Å². The van der Waals surface area contributed by atoms with E-state index < -0.39 is 10.0 Å². The average molecular weight is 394 g/mol. The lowest BCUT2D eigenvalue weighted by molar-refractivity contribution is 0.0725. The lowest BCUT2D eigenvalue weighted by Gasteiger charge is -2.35. The summed E-state index contributed by atoms with van der Waals surface area (Å²) in [6.07, 6.45) is 5.45. The van der Waals surface area contributed by atoms with Gasteiger partial charge in [0, 0.05) is 37.6 Å². The predicted molar refractivity (Wildman–Crippen MR) is 110 cm³/mol. The summed E-state index contributed by atoms with van der Waals surface area (Å²) < 4.78 is 26.5. The first-order valence-corrected chi connectivity index (χ1v) is 11.7. The Morgan fingerprint density at radius 1 is 1.11 bits per heavy atom. The zero-order chi connectivity index (χ0) is 19.4. The molecule has 1 amide bonds. The summed E-state index contributed by atoms with van der Waals surface area (Å²) in [5.41, 5.74) is 2.01. The van der Waals surface area contributed by atoms with E-state index in [9.17, 15) is 13.2 Å². The topological polar surface area (TPSA) is 69.7 Å². The van der Waals surface area contributed by atoms with E-state index in [1.54, 1.807) is 19.1 Å². The van der Waals surface area contributed by atoms with Crippen molar-refractivity contribution in [1.82, 2.24) is 4.90 Å². The van der Waals surface area contributed by atoms with Crippen molar-refractivity contribution in [2.24, 2.45) is 5.92 Å². The SMILES string of the molecule is CCS(=O)(=O)Nc1ccc(N2CCC(C)CC2)c(C(=O)N2CCCCC2)c1. The van der Waals surface area contributed by atoms with Crippen LogP contribution in [-0.4, -0.2) is 51.2 Å². The summed E-state index contributed by atoms with van der Waals surface area (Å²) in [4.78, 5) is 17.4. The molecule has 0 aromatic heterocycles. The van der Waals surface area contributed by atoms with E-state index >= 15 is 0 Å². The Bertz CT molecular complexity index is 765. The minimum atomic E-state index is -3.37. The van der Waals surface area contributed by atoms with Gasteiger partial charge in [0.15, 0.2) is 0 Å². The molecule has 0 saturated carbocycles. The van der Waals surface area contributed by atoms with Gasteiger partial charge in [-0.1, -0.05) is 6.92 Å². The first-order valence-electron chi connectivity index (χ1n) is 10.1. The molecule has 27 heavy (non-hydrogen) atoms. The number of nitrogens with zero attached hydrogens (tertiary/aromatic N) is 2. The number of rotatable bonds is 5. The molecular weight excluding hydrogens is 362 g/mol. The van der Waals surface area contributed by atoms with E-state index in [1.807, 2.05) is 11.0 Å². The number of amides is 1. The van der Waals surface area contributed by atoms with Crippen LogP contribution in [0.2, 0.25) is 0 Å². The second-order valence-electron chi connectivity index (χ2n) is 7.76. The number of benzene rings is 1. The maximum atomic E-state index is 13.2. The van der Waals surface area contributed by atoms with E-state index in [1.165, 1.54) is 0 Å². The van der Waals surface area contributed by atoms with Crippen LogP contribution in [0.1, 0.15) is 56.3 Å². The second-order valence-corrected chi connectivity index (χ2v) is 9.77. The summed E-state index contributed by atoms with van der Waals surface area (Å²) in [6, 6.07) is 5.39. The molecule has 0 radical (unpaired) electrons. The molecule has 150 valence electrons. The third kappa shape index (κ3) is 4.94. The van der Waals surface area contributed by atoms with Crippen LogP contribution in [0.15, 0.2) is 18.2 Å². The Kier molecular flexibility index (Phi) is 6.29. The van der Waals surface area contributed by atoms with Crippen molar-refractivity contribution >= 4 is 27.3 Å². The molecule has 2 aliphatic heterocycles. The molecule has 2 saturated heterocycles. The van der Waals surface area contributed by atoms with E-state index in [4.69, 9.17) is 0 Å². The van der Waals surface area contributed by atoms with Crippen LogP contribution in [0.3, 0.4) is 0 Å². The van der Waals surface area contributed by atoms with Gasteiger partial charge in [0.05, 0.1) is 11.3 Å². The van der Waals surface area contributed by atoms with Gasteiger partial charge < -0.3 is 9.80 Å².